The van der Waals surface area contributed by atoms with Gasteiger partial charge in [0.15, 0.2) is 6.61 Å². The molecule has 6 nitrogen and oxygen atoms in total. The van der Waals surface area contributed by atoms with Crippen molar-refractivity contribution in [1.82, 2.24) is 5.32 Å². The number of alkyl carbamates (subject to hydrolysis) is 1. The number of hydrogen-bond acceptors (Lipinski definition) is 4. The summed E-state index contributed by atoms with van der Waals surface area (Å²) < 4.78 is 44.8. The van der Waals surface area contributed by atoms with Crippen LogP contribution < -0.4 is 5.32 Å². The molecular formula is C10H8ClF3N2O4. The number of nitrogens with zero attached hydrogens (tertiary/aromatic N) is 1. The van der Waals surface area contributed by atoms with Gasteiger partial charge in [-0.25, -0.2) is 18.0 Å². The van der Waals surface area contributed by atoms with Crippen LogP contribution in [0.5, 0.6) is 0 Å². The lowest BCUT2D eigenvalue weighted by molar-refractivity contribution is -0.385. The Balaban J connectivity index is 0.00000200. The second kappa shape index (κ2) is 5.53. The fraction of sp³-hybridized carbons (Fsp3) is 0.300. The largest absolute Gasteiger partial charge is 0.443 e. The van der Waals surface area contributed by atoms with Crippen LogP contribution in [0, 0.1) is 15.9 Å². The molecule has 1 N–H and O–H groups in total. The summed E-state index contributed by atoms with van der Waals surface area (Å²) in [5.41, 5.74) is -1.20. The summed E-state index contributed by atoms with van der Waals surface area (Å²) in [6.07, 6.45) is -1.14. The second-order valence-corrected chi connectivity index (χ2v) is 3.88. The van der Waals surface area contributed by atoms with Crippen molar-refractivity contribution in [2.45, 2.75) is 12.0 Å². The predicted octanol–water partition coefficient (Wildman–Crippen LogP) is 2.57. The van der Waals surface area contributed by atoms with E-state index in [1.165, 1.54) is 0 Å². The molecular weight excluding hydrogens is 305 g/mol. The van der Waals surface area contributed by atoms with Crippen molar-refractivity contribution >= 4 is 24.2 Å². The van der Waals surface area contributed by atoms with Gasteiger partial charge in [-0.2, -0.15) is 0 Å². The number of halogens is 4. The van der Waals surface area contributed by atoms with Crippen molar-refractivity contribution in [2.24, 2.45) is 0 Å². The normalized spacial score (nSPS) is 20.4. The molecule has 110 valence electrons. The maximum atomic E-state index is 13.6. The highest BCUT2D eigenvalue weighted by atomic mass is 35.5. The number of alkyl halides is 2. The Hall–Kier alpha value is -2.03. The van der Waals surface area contributed by atoms with E-state index in [1.807, 2.05) is 0 Å². The monoisotopic (exact) mass is 312 g/mol. The number of hydrogen-bond donors (Lipinski definition) is 1. The molecule has 0 aromatic heterocycles. The van der Waals surface area contributed by atoms with Crippen molar-refractivity contribution in [3.8, 4) is 0 Å². The van der Waals surface area contributed by atoms with Crippen LogP contribution in [0.2, 0.25) is 0 Å². The first-order chi connectivity index (χ1) is 8.81. The van der Waals surface area contributed by atoms with Crippen LogP contribution >= 0.6 is 12.4 Å². The molecule has 1 amide bonds. The van der Waals surface area contributed by atoms with E-state index in [1.54, 1.807) is 5.32 Å². The molecule has 0 radical (unpaired) electrons. The summed E-state index contributed by atoms with van der Waals surface area (Å²) in [6, 6.07) is 0.205. The van der Waals surface area contributed by atoms with Crippen LogP contribution in [0.25, 0.3) is 0 Å². The molecule has 1 aromatic rings. The van der Waals surface area contributed by atoms with E-state index in [4.69, 9.17) is 0 Å². The lowest BCUT2D eigenvalue weighted by Crippen LogP contribution is -2.49. The van der Waals surface area contributed by atoms with Gasteiger partial charge in [-0.05, 0) is 6.07 Å². The Bertz CT molecular complexity index is 555. The fourth-order valence-corrected chi connectivity index (χ4v) is 1.68. The van der Waals surface area contributed by atoms with Gasteiger partial charge in [0.1, 0.15) is 11.9 Å². The van der Waals surface area contributed by atoms with Gasteiger partial charge in [0.2, 0.25) is 0 Å². The van der Waals surface area contributed by atoms with Gasteiger partial charge in [-0.3, -0.25) is 10.1 Å². The van der Waals surface area contributed by atoms with Crippen LogP contribution in [0.4, 0.5) is 23.7 Å². The fourth-order valence-electron chi connectivity index (χ4n) is 1.68. The first-order valence-corrected chi connectivity index (χ1v) is 5.06. The Morgan fingerprint density at radius 1 is 1.45 bits per heavy atom. The number of carbonyl (C=O) groups is 1. The van der Waals surface area contributed by atoms with Gasteiger partial charge in [-0.1, -0.05) is 0 Å². The molecule has 1 aliphatic rings. The van der Waals surface area contributed by atoms with Crippen LogP contribution in [0.3, 0.4) is 0 Å². The summed E-state index contributed by atoms with van der Waals surface area (Å²) in [4.78, 5) is 20.7. The summed E-state index contributed by atoms with van der Waals surface area (Å²) in [5.74, 6) is -4.64. The number of benzene rings is 1. The molecule has 0 saturated carbocycles. The predicted molar refractivity (Wildman–Crippen MR) is 62.5 cm³/mol. The number of amides is 1. The number of carbonyl (C=O) groups excluding carboxylic acids is 1. The van der Waals surface area contributed by atoms with Crippen molar-refractivity contribution in [3.05, 3.63) is 39.7 Å². The molecule has 10 heteroatoms. The zero-order valence-electron chi connectivity index (χ0n) is 9.64. The molecule has 1 aliphatic heterocycles. The summed E-state index contributed by atoms with van der Waals surface area (Å²) in [5, 5.41) is 12.3. The number of nitro groups is 1. The highest BCUT2D eigenvalue weighted by molar-refractivity contribution is 5.85. The molecule has 0 bridgehead atoms. The van der Waals surface area contributed by atoms with Gasteiger partial charge in [-0.15, -0.1) is 12.4 Å². The van der Waals surface area contributed by atoms with E-state index < -0.39 is 46.7 Å². The van der Waals surface area contributed by atoms with E-state index >= 15 is 0 Å². The third-order valence-electron chi connectivity index (χ3n) is 2.58. The molecule has 2 rings (SSSR count). The maximum Gasteiger partial charge on any atom is 0.408 e. The highest BCUT2D eigenvalue weighted by Crippen LogP contribution is 2.36. The second-order valence-electron chi connectivity index (χ2n) is 3.88. The smallest absolute Gasteiger partial charge is 0.408 e. The van der Waals surface area contributed by atoms with Crippen molar-refractivity contribution in [3.63, 3.8) is 0 Å². The molecule has 1 saturated heterocycles. The van der Waals surface area contributed by atoms with E-state index in [0.717, 1.165) is 6.07 Å². The van der Waals surface area contributed by atoms with Gasteiger partial charge in [0, 0.05) is 17.7 Å². The maximum absolute atomic E-state index is 13.6. The van der Waals surface area contributed by atoms with Crippen molar-refractivity contribution < 1.29 is 27.6 Å². The zero-order valence-corrected chi connectivity index (χ0v) is 10.5. The minimum Gasteiger partial charge on any atom is -0.443 e. The first-order valence-electron chi connectivity index (χ1n) is 5.06. The molecule has 0 aliphatic carbocycles. The third-order valence-corrected chi connectivity index (χ3v) is 2.58. The van der Waals surface area contributed by atoms with Crippen LogP contribution in [0.1, 0.15) is 11.6 Å². The molecule has 1 aromatic carbocycles. The van der Waals surface area contributed by atoms with E-state index in [9.17, 15) is 28.1 Å². The number of rotatable bonds is 2. The number of nitrogens with one attached hydrogen (secondary N) is 1. The standard InChI is InChI=1S/C10H7F3N2O4.ClH/c11-7-2-1-5(15(17)18)3-6(7)8-10(12,13)4-19-9(16)14-8;/h1-3,8H,4H2,(H,14,16);1H/t8-;/m1./s1. The quantitative estimate of drug-likeness (QED) is 0.672. The van der Waals surface area contributed by atoms with E-state index in [2.05, 4.69) is 4.74 Å². The summed E-state index contributed by atoms with van der Waals surface area (Å²) in [6.45, 7) is -1.22. The molecule has 20 heavy (non-hydrogen) atoms. The number of cyclic esters (lactones) is 1. The first kappa shape index (κ1) is 16.0. The molecule has 1 fully saturated rings. The molecule has 0 unspecified atom stereocenters. The number of nitro benzene ring substituents is 1. The Kier molecular flexibility index (Phi) is 4.43. The Labute approximate surface area is 116 Å². The third kappa shape index (κ3) is 2.93. The zero-order chi connectivity index (χ0) is 14.2. The average Bonchev–Trinajstić information content (AvgIpc) is 2.33. The average molecular weight is 313 g/mol. The molecule has 1 atom stereocenters. The summed E-state index contributed by atoms with van der Waals surface area (Å²) >= 11 is 0. The van der Waals surface area contributed by atoms with E-state index in [0.29, 0.717) is 12.1 Å². The lowest BCUT2D eigenvalue weighted by Gasteiger charge is -2.31. The minimum atomic E-state index is -3.57. The van der Waals surface area contributed by atoms with Crippen LogP contribution in [-0.2, 0) is 4.74 Å². The van der Waals surface area contributed by atoms with Crippen LogP contribution in [-0.4, -0.2) is 23.5 Å². The van der Waals surface area contributed by atoms with Crippen LogP contribution in [0.15, 0.2) is 18.2 Å². The topological polar surface area (TPSA) is 81.5 Å². The SMILES string of the molecule is Cl.O=C1N[C@H](c2cc([N+](=O)[O-])ccc2F)C(F)(F)CO1. The minimum absolute atomic E-state index is 0. The number of non-ortho nitro benzene ring substituents is 1. The van der Waals surface area contributed by atoms with Gasteiger partial charge in [0.05, 0.1) is 4.92 Å². The summed E-state index contributed by atoms with van der Waals surface area (Å²) in [7, 11) is 0. The van der Waals surface area contributed by atoms with Crippen molar-refractivity contribution in [2.75, 3.05) is 6.61 Å². The van der Waals surface area contributed by atoms with Gasteiger partial charge >= 0.3 is 12.0 Å². The van der Waals surface area contributed by atoms with Gasteiger partial charge < -0.3 is 10.1 Å². The van der Waals surface area contributed by atoms with Gasteiger partial charge in [0.25, 0.3) is 5.69 Å². The Morgan fingerprint density at radius 3 is 2.70 bits per heavy atom. The molecule has 0 spiro atoms. The van der Waals surface area contributed by atoms with Crippen molar-refractivity contribution in [1.29, 1.82) is 0 Å². The Morgan fingerprint density at radius 2 is 2.10 bits per heavy atom. The molecule has 1 heterocycles. The number of ether oxygens (including phenoxy) is 1. The highest BCUT2D eigenvalue weighted by Gasteiger charge is 2.48. The van der Waals surface area contributed by atoms with E-state index in [-0.39, 0.29) is 12.4 Å². The lowest BCUT2D eigenvalue weighted by atomic mass is 9.99.